The lowest BCUT2D eigenvalue weighted by Crippen LogP contribution is -2.00. The van der Waals surface area contributed by atoms with E-state index in [0.29, 0.717) is 0 Å². The molecule has 3 heteroatoms. The second kappa shape index (κ2) is 11.7. The van der Waals surface area contributed by atoms with Crippen LogP contribution in [0.1, 0.15) is 30.0 Å². The normalized spacial score (nSPS) is 13.2. The topological polar surface area (TPSA) is 38.1 Å². The molecule has 220 valence electrons. The summed E-state index contributed by atoms with van der Waals surface area (Å²) in [6, 6.07) is 37.4. The lowest BCUT2D eigenvalue weighted by atomic mass is 9.86. The molecule has 0 saturated heterocycles. The summed E-state index contributed by atoms with van der Waals surface area (Å²) >= 11 is 0. The number of aromatic nitrogens is 2. The Hall–Kier alpha value is -5.67. The standard InChI is InChI=1S/C43H33N3/c1-3-28(26-44-2)32-22-33(31-15-11-21-45-27-31)24-34(23-32)39-25-40-41(37-18-10-9-17-36(37)39)38-20-19-29-12-7-8-16-35(29)43(38)46-42(40)30-13-5-4-6-14-30/h3-7,9-15,17-27H,8,16H2,1-2H3/b28-3+,44-26-. The van der Waals surface area contributed by atoms with Crippen molar-refractivity contribution in [3.05, 3.63) is 144 Å². The van der Waals surface area contributed by atoms with Crippen LogP contribution in [0.4, 0.5) is 0 Å². The predicted octanol–water partition coefficient (Wildman–Crippen LogP) is 11.0. The van der Waals surface area contributed by atoms with Crippen molar-refractivity contribution in [1.29, 1.82) is 0 Å². The Morgan fingerprint density at radius 2 is 1.54 bits per heavy atom. The van der Waals surface area contributed by atoms with Gasteiger partial charge in [-0.2, -0.15) is 0 Å². The average Bonchev–Trinajstić information content (AvgIpc) is 3.13. The maximum Gasteiger partial charge on any atom is 0.0788 e. The van der Waals surface area contributed by atoms with Crippen LogP contribution in [0.2, 0.25) is 0 Å². The highest BCUT2D eigenvalue weighted by Gasteiger charge is 2.20. The summed E-state index contributed by atoms with van der Waals surface area (Å²) < 4.78 is 0. The minimum Gasteiger partial charge on any atom is -0.296 e. The number of aryl methyl sites for hydroxylation is 1. The summed E-state index contributed by atoms with van der Waals surface area (Å²) in [6.45, 7) is 2.07. The van der Waals surface area contributed by atoms with Crippen molar-refractivity contribution in [3.63, 3.8) is 0 Å². The van der Waals surface area contributed by atoms with Crippen LogP contribution in [-0.2, 0) is 6.42 Å². The van der Waals surface area contributed by atoms with Crippen molar-refractivity contribution >= 4 is 50.3 Å². The fraction of sp³-hybridized carbons (Fsp3) is 0.0930. The van der Waals surface area contributed by atoms with Gasteiger partial charge in [0.05, 0.1) is 11.2 Å². The van der Waals surface area contributed by atoms with Gasteiger partial charge in [-0.1, -0.05) is 91.0 Å². The van der Waals surface area contributed by atoms with Crippen molar-refractivity contribution in [2.45, 2.75) is 19.8 Å². The zero-order valence-electron chi connectivity index (χ0n) is 26.0. The summed E-state index contributed by atoms with van der Waals surface area (Å²) in [7, 11) is 1.82. The summed E-state index contributed by atoms with van der Waals surface area (Å²) in [5, 5.41) is 6.09. The van der Waals surface area contributed by atoms with E-state index in [0.717, 1.165) is 62.8 Å². The molecule has 0 bridgehead atoms. The Morgan fingerprint density at radius 3 is 2.35 bits per heavy atom. The largest absolute Gasteiger partial charge is 0.296 e. The van der Waals surface area contributed by atoms with Gasteiger partial charge < -0.3 is 0 Å². The molecule has 2 aromatic heterocycles. The van der Waals surface area contributed by atoms with E-state index in [9.17, 15) is 0 Å². The minimum atomic E-state index is 1.00. The maximum absolute atomic E-state index is 5.51. The first-order valence-electron chi connectivity index (χ1n) is 15.9. The zero-order valence-corrected chi connectivity index (χ0v) is 26.0. The van der Waals surface area contributed by atoms with Gasteiger partial charge in [-0.15, -0.1) is 0 Å². The third-order valence-corrected chi connectivity index (χ3v) is 9.17. The molecule has 0 unspecified atom stereocenters. The van der Waals surface area contributed by atoms with Crippen LogP contribution in [0, 0.1) is 0 Å². The SMILES string of the molecule is C/C=C(\C=N/C)c1cc(-c2cccnc2)cc(-c2cc3c(-c4ccccc4)nc4c5c(ccc4c3c3ccccc23)C=CCC5)c1. The van der Waals surface area contributed by atoms with E-state index in [1.807, 2.05) is 31.7 Å². The fourth-order valence-electron chi connectivity index (χ4n) is 7.02. The van der Waals surface area contributed by atoms with Crippen LogP contribution in [0.5, 0.6) is 0 Å². The van der Waals surface area contributed by atoms with Crippen molar-refractivity contribution in [2.24, 2.45) is 4.99 Å². The number of nitrogens with zero attached hydrogens (tertiary/aromatic N) is 3. The Morgan fingerprint density at radius 1 is 0.739 bits per heavy atom. The van der Waals surface area contributed by atoms with Gasteiger partial charge in [0.15, 0.2) is 0 Å². The van der Waals surface area contributed by atoms with Gasteiger partial charge >= 0.3 is 0 Å². The van der Waals surface area contributed by atoms with Crippen LogP contribution in [0.3, 0.4) is 0 Å². The van der Waals surface area contributed by atoms with Crippen LogP contribution in [-0.4, -0.2) is 23.2 Å². The molecular weight excluding hydrogens is 558 g/mol. The van der Waals surface area contributed by atoms with Crippen molar-refractivity contribution in [2.75, 3.05) is 7.05 Å². The molecule has 0 N–H and O–H groups in total. The number of allylic oxidation sites excluding steroid dienone is 3. The van der Waals surface area contributed by atoms with Gasteiger partial charge in [-0.05, 0) is 99.8 Å². The molecular formula is C43H33N3. The van der Waals surface area contributed by atoms with Gasteiger partial charge in [0, 0.05) is 52.9 Å². The lowest BCUT2D eigenvalue weighted by molar-refractivity contribution is 0.992. The number of benzene rings is 5. The molecule has 1 aliphatic carbocycles. The highest BCUT2D eigenvalue weighted by molar-refractivity contribution is 6.26. The minimum absolute atomic E-state index is 1.00. The van der Waals surface area contributed by atoms with Gasteiger partial charge in [0.25, 0.3) is 0 Å². The molecule has 46 heavy (non-hydrogen) atoms. The first-order chi connectivity index (χ1) is 22.7. The smallest absolute Gasteiger partial charge is 0.0788 e. The van der Waals surface area contributed by atoms with E-state index in [2.05, 4.69) is 132 Å². The van der Waals surface area contributed by atoms with E-state index < -0.39 is 0 Å². The molecule has 0 fully saturated rings. The number of fused-ring (bicyclic) bond motifs is 7. The molecule has 0 aliphatic heterocycles. The molecule has 7 aromatic rings. The summed E-state index contributed by atoms with van der Waals surface area (Å²) in [4.78, 5) is 14.3. The van der Waals surface area contributed by atoms with Crippen LogP contribution >= 0.6 is 0 Å². The second-order valence-corrected chi connectivity index (χ2v) is 11.9. The molecule has 1 aliphatic rings. The maximum atomic E-state index is 5.51. The monoisotopic (exact) mass is 591 g/mol. The number of hydrogen-bond donors (Lipinski definition) is 0. The van der Waals surface area contributed by atoms with Crippen LogP contribution in [0.15, 0.2) is 133 Å². The molecule has 5 aromatic carbocycles. The summed E-state index contributed by atoms with van der Waals surface area (Å²) in [6.07, 6.45) is 14.4. The van der Waals surface area contributed by atoms with E-state index in [1.165, 1.54) is 38.2 Å². The van der Waals surface area contributed by atoms with E-state index in [1.54, 1.807) is 0 Å². The molecule has 0 saturated carbocycles. The average molecular weight is 592 g/mol. The third kappa shape index (κ3) is 4.72. The lowest BCUT2D eigenvalue weighted by Gasteiger charge is -2.20. The van der Waals surface area contributed by atoms with Crippen LogP contribution < -0.4 is 0 Å². The number of hydrogen-bond acceptors (Lipinski definition) is 3. The molecule has 0 amide bonds. The quantitative estimate of drug-likeness (QED) is 0.147. The first-order valence-corrected chi connectivity index (χ1v) is 15.9. The van der Waals surface area contributed by atoms with Crippen LogP contribution in [0.25, 0.3) is 77.6 Å². The summed E-state index contributed by atoms with van der Waals surface area (Å²) in [5.74, 6) is 0. The number of aliphatic imine (C=N–C) groups is 1. The van der Waals surface area contributed by atoms with Gasteiger partial charge in [0.2, 0.25) is 0 Å². The predicted molar refractivity (Wildman–Crippen MR) is 196 cm³/mol. The number of pyridine rings is 2. The third-order valence-electron chi connectivity index (χ3n) is 9.17. The Bertz CT molecular complexity index is 2360. The molecule has 2 heterocycles. The molecule has 8 rings (SSSR count). The van der Waals surface area contributed by atoms with Gasteiger partial charge in [-0.25, -0.2) is 4.98 Å². The zero-order chi connectivity index (χ0) is 31.0. The fourth-order valence-corrected chi connectivity index (χ4v) is 7.02. The molecule has 3 nitrogen and oxygen atoms in total. The highest BCUT2D eigenvalue weighted by Crippen LogP contribution is 2.44. The number of rotatable bonds is 5. The molecule has 0 atom stereocenters. The molecule has 0 radical (unpaired) electrons. The first kappa shape index (κ1) is 27.8. The van der Waals surface area contributed by atoms with Gasteiger partial charge in [-0.3, -0.25) is 9.98 Å². The Balaban J connectivity index is 1.51. The summed E-state index contributed by atoms with van der Waals surface area (Å²) in [5.41, 5.74) is 12.6. The Kier molecular flexibility index (Phi) is 7.07. The highest BCUT2D eigenvalue weighted by atomic mass is 14.7. The van der Waals surface area contributed by atoms with Crippen molar-refractivity contribution in [3.8, 4) is 33.5 Å². The van der Waals surface area contributed by atoms with E-state index in [4.69, 9.17) is 4.98 Å². The molecule has 0 spiro atoms. The van der Waals surface area contributed by atoms with Gasteiger partial charge in [0.1, 0.15) is 0 Å². The van der Waals surface area contributed by atoms with E-state index >= 15 is 0 Å². The van der Waals surface area contributed by atoms with E-state index in [-0.39, 0.29) is 0 Å². The Labute approximate surface area is 269 Å². The van der Waals surface area contributed by atoms with Crippen molar-refractivity contribution in [1.82, 2.24) is 9.97 Å². The second-order valence-electron chi connectivity index (χ2n) is 11.9. The van der Waals surface area contributed by atoms with Crippen molar-refractivity contribution < 1.29 is 0 Å².